The SMILES string of the molecule is Cc1cc(/C(=N/O)C(Cc2ccccc2C(F)(F)F)c2ccc(N3CCN(S(C)(=O)=O)CC3)cc2)ccn1. The van der Waals surface area contributed by atoms with Crippen LogP contribution >= 0.6 is 0 Å². The molecule has 1 unspecified atom stereocenters. The standard InChI is InChI=1S/C27H29F3N4O3S/c1-19-17-22(11-12-31-19)26(32-35)24(18-21-5-3-4-6-25(21)27(28,29)30)20-7-9-23(10-8-20)33-13-15-34(16-14-33)38(2,36)37/h3-12,17,24,35H,13-16,18H2,1-2H3/b32-26-. The third-order valence-electron chi connectivity index (χ3n) is 6.75. The number of anilines is 1. The predicted octanol–water partition coefficient (Wildman–Crippen LogP) is 4.70. The molecule has 1 aliphatic heterocycles. The molecule has 0 spiro atoms. The summed E-state index contributed by atoms with van der Waals surface area (Å²) in [5, 5.41) is 13.6. The molecule has 1 saturated heterocycles. The van der Waals surface area contributed by atoms with Gasteiger partial charge in [-0.15, -0.1) is 0 Å². The Kier molecular flexibility index (Phi) is 8.08. The summed E-state index contributed by atoms with van der Waals surface area (Å²) in [6, 6.07) is 16.2. The summed E-state index contributed by atoms with van der Waals surface area (Å²) < 4.78 is 66.4. The van der Waals surface area contributed by atoms with Crippen LogP contribution in [0.2, 0.25) is 0 Å². The highest BCUT2D eigenvalue weighted by atomic mass is 32.2. The average molecular weight is 547 g/mol. The summed E-state index contributed by atoms with van der Waals surface area (Å²) in [5.74, 6) is -0.679. The van der Waals surface area contributed by atoms with Gasteiger partial charge in [0.1, 0.15) is 0 Å². The second-order valence-electron chi connectivity index (χ2n) is 9.32. The Labute approximate surface area is 220 Å². The van der Waals surface area contributed by atoms with Gasteiger partial charge in [-0.25, -0.2) is 8.42 Å². The van der Waals surface area contributed by atoms with Gasteiger partial charge in [0.25, 0.3) is 0 Å². The van der Waals surface area contributed by atoms with Crippen LogP contribution in [0.3, 0.4) is 0 Å². The van der Waals surface area contributed by atoms with Crippen LogP contribution in [0.1, 0.15) is 33.9 Å². The van der Waals surface area contributed by atoms with E-state index in [0.717, 1.165) is 11.8 Å². The number of benzene rings is 2. The Morgan fingerprint density at radius 1 is 1.05 bits per heavy atom. The second-order valence-corrected chi connectivity index (χ2v) is 11.3. The van der Waals surface area contributed by atoms with Crippen LogP contribution in [0, 0.1) is 6.92 Å². The van der Waals surface area contributed by atoms with E-state index in [4.69, 9.17) is 0 Å². The average Bonchev–Trinajstić information content (AvgIpc) is 2.88. The number of hydrogen-bond donors (Lipinski definition) is 1. The fraction of sp³-hybridized carbons (Fsp3) is 0.333. The van der Waals surface area contributed by atoms with Gasteiger partial charge in [0, 0.05) is 55.2 Å². The molecule has 7 nitrogen and oxygen atoms in total. The van der Waals surface area contributed by atoms with Crippen LogP contribution in [0.15, 0.2) is 72.0 Å². The van der Waals surface area contributed by atoms with Crippen LogP contribution < -0.4 is 4.90 Å². The van der Waals surface area contributed by atoms with Crippen LogP contribution in [0.25, 0.3) is 0 Å². The van der Waals surface area contributed by atoms with E-state index in [0.29, 0.717) is 43.0 Å². The van der Waals surface area contributed by atoms with Gasteiger partial charge in [0.15, 0.2) is 0 Å². The minimum Gasteiger partial charge on any atom is -0.411 e. The number of sulfonamides is 1. The Hall–Kier alpha value is -3.44. The minimum atomic E-state index is -4.52. The summed E-state index contributed by atoms with van der Waals surface area (Å²) in [5.41, 5.74) is 2.41. The summed E-state index contributed by atoms with van der Waals surface area (Å²) >= 11 is 0. The third kappa shape index (κ3) is 6.33. The van der Waals surface area contributed by atoms with Crippen molar-refractivity contribution in [1.29, 1.82) is 0 Å². The van der Waals surface area contributed by atoms with E-state index >= 15 is 0 Å². The Balaban J connectivity index is 1.68. The van der Waals surface area contributed by atoms with Crippen molar-refractivity contribution in [2.24, 2.45) is 5.16 Å². The molecule has 1 aliphatic rings. The molecule has 2 heterocycles. The molecule has 0 amide bonds. The lowest BCUT2D eigenvalue weighted by atomic mass is 9.83. The van der Waals surface area contributed by atoms with Crippen LogP contribution in [0.4, 0.5) is 18.9 Å². The molecule has 0 saturated carbocycles. The third-order valence-corrected chi connectivity index (χ3v) is 8.05. The first-order chi connectivity index (χ1) is 18.0. The molecular weight excluding hydrogens is 517 g/mol. The van der Waals surface area contributed by atoms with Gasteiger partial charge in [0.2, 0.25) is 10.0 Å². The maximum absolute atomic E-state index is 13.8. The lowest BCUT2D eigenvalue weighted by Gasteiger charge is -2.35. The van der Waals surface area contributed by atoms with Crippen LogP contribution in [-0.2, 0) is 22.6 Å². The highest BCUT2D eigenvalue weighted by molar-refractivity contribution is 7.88. The van der Waals surface area contributed by atoms with Crippen molar-refractivity contribution >= 4 is 21.4 Å². The van der Waals surface area contributed by atoms with Gasteiger partial charge in [0.05, 0.1) is 17.5 Å². The number of hydrogen-bond acceptors (Lipinski definition) is 6. The Bertz CT molecular complexity index is 1400. The van der Waals surface area contributed by atoms with Crippen molar-refractivity contribution in [2.45, 2.75) is 25.4 Å². The fourth-order valence-electron chi connectivity index (χ4n) is 4.80. The summed E-state index contributed by atoms with van der Waals surface area (Å²) in [4.78, 5) is 6.23. The number of piperazine rings is 1. The second kappa shape index (κ2) is 11.1. The molecule has 1 atom stereocenters. The highest BCUT2D eigenvalue weighted by Gasteiger charge is 2.34. The molecule has 1 N–H and O–H groups in total. The normalized spacial score (nSPS) is 16.4. The maximum Gasteiger partial charge on any atom is 0.416 e. The molecular formula is C27H29F3N4O3S. The van der Waals surface area contributed by atoms with Crippen molar-refractivity contribution in [3.05, 3.63) is 94.8 Å². The zero-order chi connectivity index (χ0) is 27.5. The molecule has 3 aromatic rings. The Morgan fingerprint density at radius 3 is 2.29 bits per heavy atom. The van der Waals surface area contributed by atoms with Gasteiger partial charge >= 0.3 is 6.18 Å². The predicted molar refractivity (Wildman–Crippen MR) is 140 cm³/mol. The molecule has 0 bridgehead atoms. The fourth-order valence-corrected chi connectivity index (χ4v) is 5.62. The highest BCUT2D eigenvalue weighted by Crippen LogP contribution is 2.36. The quantitative estimate of drug-likeness (QED) is 0.264. The van der Waals surface area contributed by atoms with E-state index in [1.165, 1.54) is 22.7 Å². The Morgan fingerprint density at radius 2 is 1.71 bits per heavy atom. The van der Waals surface area contributed by atoms with E-state index in [1.54, 1.807) is 31.3 Å². The number of oxime groups is 1. The topological polar surface area (TPSA) is 86.1 Å². The van der Waals surface area contributed by atoms with Crippen molar-refractivity contribution in [3.63, 3.8) is 0 Å². The number of alkyl halides is 3. The molecule has 0 aliphatic carbocycles. The van der Waals surface area contributed by atoms with Crippen molar-refractivity contribution in [1.82, 2.24) is 9.29 Å². The number of aryl methyl sites for hydroxylation is 1. The van der Waals surface area contributed by atoms with E-state index in [2.05, 4.69) is 15.0 Å². The van der Waals surface area contributed by atoms with E-state index in [-0.39, 0.29) is 17.7 Å². The van der Waals surface area contributed by atoms with Gasteiger partial charge in [-0.3, -0.25) is 4.98 Å². The van der Waals surface area contributed by atoms with Gasteiger partial charge < -0.3 is 10.1 Å². The molecule has 11 heteroatoms. The number of halogens is 3. The summed E-state index contributed by atoms with van der Waals surface area (Å²) in [7, 11) is -3.25. The van der Waals surface area contributed by atoms with Crippen molar-refractivity contribution in [3.8, 4) is 0 Å². The number of nitrogens with zero attached hydrogens (tertiary/aromatic N) is 4. The number of pyridine rings is 1. The smallest absolute Gasteiger partial charge is 0.411 e. The molecule has 0 radical (unpaired) electrons. The van der Waals surface area contributed by atoms with Gasteiger partial charge in [-0.1, -0.05) is 35.5 Å². The zero-order valence-corrected chi connectivity index (χ0v) is 21.9. The summed E-state index contributed by atoms with van der Waals surface area (Å²) in [6.07, 6.45) is -1.80. The number of aromatic nitrogens is 1. The molecule has 202 valence electrons. The van der Waals surface area contributed by atoms with Gasteiger partial charge in [-0.05, 0) is 54.8 Å². The monoisotopic (exact) mass is 546 g/mol. The molecule has 1 aromatic heterocycles. The van der Waals surface area contributed by atoms with E-state index in [1.807, 2.05) is 24.3 Å². The van der Waals surface area contributed by atoms with Crippen LogP contribution in [-0.4, -0.2) is 61.1 Å². The maximum atomic E-state index is 13.8. The van der Waals surface area contributed by atoms with Gasteiger partial charge in [-0.2, -0.15) is 17.5 Å². The van der Waals surface area contributed by atoms with Crippen molar-refractivity contribution in [2.75, 3.05) is 37.3 Å². The van der Waals surface area contributed by atoms with E-state index in [9.17, 15) is 26.8 Å². The largest absolute Gasteiger partial charge is 0.416 e. The number of rotatable bonds is 7. The molecule has 4 rings (SSSR count). The minimum absolute atomic E-state index is 0.0389. The first-order valence-electron chi connectivity index (χ1n) is 12.1. The van der Waals surface area contributed by atoms with Crippen LogP contribution in [0.5, 0.6) is 0 Å². The lowest BCUT2D eigenvalue weighted by molar-refractivity contribution is -0.138. The van der Waals surface area contributed by atoms with E-state index < -0.39 is 27.7 Å². The zero-order valence-electron chi connectivity index (χ0n) is 21.1. The molecule has 1 fully saturated rings. The first-order valence-corrected chi connectivity index (χ1v) is 13.9. The molecule has 38 heavy (non-hydrogen) atoms. The summed E-state index contributed by atoms with van der Waals surface area (Å²) in [6.45, 7) is 3.58. The molecule has 2 aromatic carbocycles. The first kappa shape index (κ1) is 27.6. The lowest BCUT2D eigenvalue weighted by Crippen LogP contribution is -2.48. The van der Waals surface area contributed by atoms with Crippen molar-refractivity contribution < 1.29 is 26.8 Å².